The van der Waals surface area contributed by atoms with E-state index in [0.717, 1.165) is 0 Å². The molecule has 0 atom stereocenters. The van der Waals surface area contributed by atoms with E-state index >= 15 is 0 Å². The van der Waals surface area contributed by atoms with E-state index in [2.05, 4.69) is 4.67 Å². The third-order valence-electron chi connectivity index (χ3n) is 0.341. The van der Waals surface area contributed by atoms with E-state index in [9.17, 15) is 4.79 Å². The Labute approximate surface area is 42.0 Å². The number of hydrogen-bond donors (Lipinski definition) is 0. The highest BCUT2D eigenvalue weighted by Gasteiger charge is 1.80. The van der Waals surface area contributed by atoms with Gasteiger partial charge >= 0.3 is 12.4 Å². The first-order valence-electron chi connectivity index (χ1n) is 1.84. The molecule has 0 spiro atoms. The Morgan fingerprint density at radius 3 is 2.43 bits per heavy atom. The average Bonchev–Trinajstić information content (AvgIpc) is 1.61. The smallest absolute Gasteiger partial charge is 0.259 e. The Bertz CT molecular complexity index is 118. The monoisotopic (exact) mass is 99.1 g/mol. The zero-order valence-corrected chi connectivity index (χ0v) is 4.38. The number of nitrogens with zero attached hydrogens (tertiary/aromatic N) is 2. The number of carbonyl (C=O) groups excluding carboxylic acids is 1. The van der Waals surface area contributed by atoms with Crippen LogP contribution in [-0.4, -0.2) is 31.4 Å². The third kappa shape index (κ3) is 4.96. The largest absolute Gasteiger partial charge is 0.435 e. The van der Waals surface area contributed by atoms with Crippen molar-refractivity contribution in [2.75, 3.05) is 14.1 Å². The molecule has 0 bridgehead atoms. The topological polar surface area (TPSA) is 34.4 Å². The Hall–Kier alpha value is -1.04. The second-order valence-corrected chi connectivity index (χ2v) is 1.30. The fourth-order valence-corrected chi connectivity index (χ4v) is 0.139. The van der Waals surface area contributed by atoms with Gasteiger partial charge in [-0.05, 0) is 0 Å². The summed E-state index contributed by atoms with van der Waals surface area (Å²) in [6.07, 6.45) is 2.76. The van der Waals surface area contributed by atoms with Gasteiger partial charge in [-0.15, -0.1) is 4.67 Å². The molecule has 3 heteroatoms. The maximum Gasteiger partial charge on any atom is 0.435 e. The van der Waals surface area contributed by atoms with Gasteiger partial charge in [-0.2, -0.15) is 4.79 Å². The molecule has 0 saturated heterocycles. The van der Waals surface area contributed by atoms with Gasteiger partial charge in [-0.25, -0.2) is 0 Å². The molecule has 0 N–H and O–H groups in total. The summed E-state index contributed by atoms with van der Waals surface area (Å²) in [5.74, 6) is 0. The highest BCUT2D eigenvalue weighted by molar-refractivity contribution is 5.56. The molecule has 0 aliphatic rings. The lowest BCUT2D eigenvalue weighted by Gasteiger charge is -1.84. The van der Waals surface area contributed by atoms with Crippen LogP contribution in [0, 0.1) is 0 Å². The molecule has 0 aliphatic heterocycles. The van der Waals surface area contributed by atoms with Crippen molar-refractivity contribution >= 4 is 12.4 Å². The lowest BCUT2D eigenvalue weighted by molar-refractivity contribution is 0.563. The van der Waals surface area contributed by atoms with Crippen LogP contribution in [0.15, 0.2) is 0 Å². The van der Waals surface area contributed by atoms with Gasteiger partial charge in [-0.3, -0.25) is 4.90 Å². The number of isocyanates is 1. The van der Waals surface area contributed by atoms with Gasteiger partial charge in [0.1, 0.15) is 0 Å². The van der Waals surface area contributed by atoms with Gasteiger partial charge in [0.2, 0.25) is 0 Å². The van der Waals surface area contributed by atoms with Crippen LogP contribution in [0.25, 0.3) is 0 Å². The van der Waals surface area contributed by atoms with Gasteiger partial charge in [0.05, 0.1) is 14.1 Å². The fourth-order valence-electron chi connectivity index (χ4n) is 0.139. The molecule has 38 valence electrons. The third-order valence-corrected chi connectivity index (χ3v) is 0.341. The van der Waals surface area contributed by atoms with Crippen LogP contribution in [0.5, 0.6) is 0 Å². The second kappa shape index (κ2) is 3.16. The van der Waals surface area contributed by atoms with Gasteiger partial charge in [0.25, 0.3) is 0 Å². The molecule has 0 aromatic carbocycles. The van der Waals surface area contributed by atoms with E-state index in [4.69, 9.17) is 0 Å². The lowest BCUT2D eigenvalue weighted by Crippen LogP contribution is -2.09. The number of hydrogen-bond acceptors (Lipinski definition) is 1. The maximum atomic E-state index is 9.36. The van der Waals surface area contributed by atoms with Crippen LogP contribution >= 0.6 is 0 Å². The Kier molecular flexibility index (Phi) is 2.69. The van der Waals surface area contributed by atoms with Crippen molar-refractivity contribution in [2.24, 2.45) is 0 Å². The highest BCUT2D eigenvalue weighted by atomic mass is 16.1. The number of rotatable bonds is 1. The van der Waals surface area contributed by atoms with Crippen LogP contribution in [0.3, 0.4) is 0 Å². The molecular formula is C4H7N2O+. The molecule has 0 amide bonds. The highest BCUT2D eigenvalue weighted by Crippen LogP contribution is 1.52. The minimum absolute atomic E-state index is 1.38. The summed E-state index contributed by atoms with van der Waals surface area (Å²) in [5.41, 5.74) is 0. The van der Waals surface area contributed by atoms with Crippen molar-refractivity contribution < 1.29 is 4.79 Å². The minimum Gasteiger partial charge on any atom is -0.259 e. The van der Waals surface area contributed by atoms with E-state index < -0.39 is 0 Å². The summed E-state index contributed by atoms with van der Waals surface area (Å²) in [7, 11) is 3.56. The zero-order valence-electron chi connectivity index (χ0n) is 4.38. The van der Waals surface area contributed by atoms with Gasteiger partial charge < -0.3 is 0 Å². The molecule has 3 nitrogen and oxygen atoms in total. The summed E-state index contributed by atoms with van der Waals surface area (Å²) in [6.45, 7) is 0. The van der Waals surface area contributed by atoms with Gasteiger partial charge in [0.15, 0.2) is 0 Å². The quantitative estimate of drug-likeness (QED) is 0.182. The molecule has 0 heterocycles. The van der Waals surface area contributed by atoms with Gasteiger partial charge in [-0.1, -0.05) is 0 Å². The maximum absolute atomic E-state index is 9.36. The lowest BCUT2D eigenvalue weighted by atomic mass is 11.0. The van der Waals surface area contributed by atoms with Crippen LogP contribution in [-0.2, 0) is 4.79 Å². The molecule has 0 saturated carbocycles. The van der Waals surface area contributed by atoms with E-state index in [1.54, 1.807) is 19.0 Å². The molecule has 0 rings (SSSR count). The molecular weight excluding hydrogens is 92.1 g/mol. The average molecular weight is 99.1 g/mol. The van der Waals surface area contributed by atoms with Crippen molar-refractivity contribution in [3.63, 3.8) is 0 Å². The molecule has 7 heavy (non-hydrogen) atoms. The van der Waals surface area contributed by atoms with Crippen LogP contribution in [0.4, 0.5) is 0 Å². The van der Waals surface area contributed by atoms with Crippen molar-refractivity contribution in [1.82, 2.24) is 9.57 Å². The van der Waals surface area contributed by atoms with E-state index in [0.29, 0.717) is 0 Å². The molecule has 0 aromatic rings. The Balaban J connectivity index is 3.69. The fraction of sp³-hybridized carbons (Fsp3) is 0.500. The van der Waals surface area contributed by atoms with Crippen LogP contribution < -0.4 is 4.67 Å². The SMILES string of the molecule is CN(C)C=[N+]=C=O. The van der Waals surface area contributed by atoms with Crippen molar-refractivity contribution in [3.05, 3.63) is 0 Å². The molecule has 0 radical (unpaired) electrons. The molecule has 0 fully saturated rings. The predicted octanol–water partition coefficient (Wildman–Crippen LogP) is -1.02. The zero-order chi connectivity index (χ0) is 5.70. The van der Waals surface area contributed by atoms with Crippen LogP contribution in [0.1, 0.15) is 0 Å². The van der Waals surface area contributed by atoms with Gasteiger partial charge in [0, 0.05) is 0 Å². The summed E-state index contributed by atoms with van der Waals surface area (Å²) in [4.78, 5) is 11.0. The Morgan fingerprint density at radius 2 is 2.29 bits per heavy atom. The van der Waals surface area contributed by atoms with E-state index in [1.807, 2.05) is 0 Å². The summed E-state index contributed by atoms with van der Waals surface area (Å²) < 4.78 is 3.17. The summed E-state index contributed by atoms with van der Waals surface area (Å²) >= 11 is 0. The van der Waals surface area contributed by atoms with Crippen molar-refractivity contribution in [1.29, 1.82) is 0 Å². The Morgan fingerprint density at radius 1 is 1.71 bits per heavy atom. The first-order valence-corrected chi connectivity index (χ1v) is 1.84. The van der Waals surface area contributed by atoms with Crippen molar-refractivity contribution in [3.8, 4) is 0 Å². The molecule has 0 aliphatic carbocycles. The normalized spacial score (nSPS) is 6.00. The molecule has 0 aromatic heterocycles. The second-order valence-electron chi connectivity index (χ2n) is 1.30. The van der Waals surface area contributed by atoms with E-state index in [1.165, 1.54) is 12.4 Å². The predicted molar refractivity (Wildman–Crippen MR) is 27.6 cm³/mol. The summed E-state index contributed by atoms with van der Waals surface area (Å²) in [5, 5.41) is 0. The van der Waals surface area contributed by atoms with E-state index in [-0.39, 0.29) is 0 Å². The first-order chi connectivity index (χ1) is 3.27. The van der Waals surface area contributed by atoms with Crippen LogP contribution in [0.2, 0.25) is 0 Å². The first kappa shape index (κ1) is 5.96. The summed E-state index contributed by atoms with van der Waals surface area (Å²) in [6, 6.07) is 0. The van der Waals surface area contributed by atoms with Crippen molar-refractivity contribution in [2.45, 2.75) is 0 Å². The minimum atomic E-state index is 1.38. The molecule has 0 unspecified atom stereocenters. The standard InChI is InChI=1S/C4H7N2O/c1-6(2)3-5-4-7/h3H,1-2H3/q+1.